The Morgan fingerprint density at radius 1 is 1.03 bits per heavy atom. The van der Waals surface area contributed by atoms with Crippen molar-refractivity contribution >= 4 is 33.8 Å². The second-order valence-electron chi connectivity index (χ2n) is 9.53. The molecule has 3 aliphatic rings. The van der Waals surface area contributed by atoms with Gasteiger partial charge in [0.25, 0.3) is 0 Å². The minimum Gasteiger partial charge on any atom is -0.489 e. The van der Waals surface area contributed by atoms with E-state index in [4.69, 9.17) is 4.74 Å². The first kappa shape index (κ1) is 23.4. The maximum Gasteiger partial charge on any atom is 0.225 e. The van der Waals surface area contributed by atoms with Gasteiger partial charge in [0.2, 0.25) is 5.95 Å². The normalized spacial score (nSPS) is 26.0. The van der Waals surface area contributed by atoms with Crippen LogP contribution in [0, 0.1) is 11.8 Å². The van der Waals surface area contributed by atoms with Gasteiger partial charge in [0.15, 0.2) is 0 Å². The van der Waals surface area contributed by atoms with E-state index in [2.05, 4.69) is 71.4 Å². The van der Waals surface area contributed by atoms with Crippen LogP contribution in [0.5, 0.6) is 5.75 Å². The van der Waals surface area contributed by atoms with Crippen LogP contribution in [0.15, 0.2) is 35.1 Å². The van der Waals surface area contributed by atoms with Gasteiger partial charge in [-0.25, -0.2) is 14.3 Å². The van der Waals surface area contributed by atoms with Crippen LogP contribution in [-0.4, -0.2) is 70.8 Å². The highest BCUT2D eigenvalue weighted by Gasteiger charge is 2.42. The lowest BCUT2D eigenvalue weighted by atomic mass is 10.0. The lowest BCUT2D eigenvalue weighted by Gasteiger charge is -2.33. The highest BCUT2D eigenvalue weighted by atomic mass is 79.9. The van der Waals surface area contributed by atoms with E-state index in [1.165, 1.54) is 11.1 Å². The number of fused-ring (bicyclic) bond motifs is 1. The van der Waals surface area contributed by atoms with E-state index in [-0.39, 0.29) is 0 Å². The van der Waals surface area contributed by atoms with Gasteiger partial charge in [0.1, 0.15) is 5.75 Å². The van der Waals surface area contributed by atoms with Crippen molar-refractivity contribution in [1.29, 1.82) is 0 Å². The standard InChI is InChI=1S/C25H34BrN5OS/c1-3-18-13-27-25(28-14-18)30-16-20-11-22(12-21(20)17-30)32-24-5-4-19(10-23(24)26)15-29-6-8-31(33-2)9-7-29/h4-5,10,13-14,20-22H,3,6-9,11-12,15-17H2,1-2H3. The number of aryl methyl sites for hydroxylation is 1. The molecular formula is C25H34BrN5OS. The number of rotatable bonds is 7. The number of benzene rings is 1. The van der Waals surface area contributed by atoms with Crippen LogP contribution >= 0.6 is 27.9 Å². The molecule has 178 valence electrons. The van der Waals surface area contributed by atoms with Gasteiger partial charge < -0.3 is 9.64 Å². The molecule has 2 aromatic rings. The van der Waals surface area contributed by atoms with Crippen LogP contribution < -0.4 is 9.64 Å². The molecule has 1 aromatic heterocycles. The number of ether oxygens (including phenoxy) is 1. The first-order valence-corrected chi connectivity index (χ1v) is 14.1. The smallest absolute Gasteiger partial charge is 0.225 e. The highest BCUT2D eigenvalue weighted by Crippen LogP contribution is 2.41. The van der Waals surface area contributed by atoms with Crippen LogP contribution in [-0.2, 0) is 13.0 Å². The number of anilines is 1. The largest absolute Gasteiger partial charge is 0.489 e. The lowest BCUT2D eigenvalue weighted by molar-refractivity contribution is 0.188. The maximum absolute atomic E-state index is 6.47. The van der Waals surface area contributed by atoms with E-state index in [0.29, 0.717) is 17.9 Å². The second-order valence-corrected chi connectivity index (χ2v) is 11.3. The van der Waals surface area contributed by atoms with Crippen molar-refractivity contribution in [3.63, 3.8) is 0 Å². The fourth-order valence-electron chi connectivity index (χ4n) is 5.44. The van der Waals surface area contributed by atoms with Crippen molar-refractivity contribution in [3.05, 3.63) is 46.2 Å². The van der Waals surface area contributed by atoms with Gasteiger partial charge in [0, 0.05) is 58.2 Å². The van der Waals surface area contributed by atoms with E-state index in [1.807, 2.05) is 24.3 Å². The number of aromatic nitrogens is 2. The minimum absolute atomic E-state index is 0.298. The number of nitrogens with zero attached hydrogens (tertiary/aromatic N) is 5. The summed E-state index contributed by atoms with van der Waals surface area (Å²) in [7, 11) is 0. The Kier molecular flexibility index (Phi) is 7.45. The third kappa shape index (κ3) is 5.50. The van der Waals surface area contributed by atoms with Gasteiger partial charge in [-0.05, 0) is 76.5 Å². The van der Waals surface area contributed by atoms with Gasteiger partial charge in [-0.3, -0.25) is 4.90 Å². The molecule has 0 radical (unpaired) electrons. The molecule has 1 aromatic carbocycles. The SMILES string of the molecule is CCc1cnc(N2CC3CC(Oc4ccc(CN5CCN(SC)CC5)cc4Br)CC3C2)nc1. The summed E-state index contributed by atoms with van der Waals surface area (Å²) in [5.74, 6) is 3.20. The predicted octanol–water partition coefficient (Wildman–Crippen LogP) is 4.49. The summed E-state index contributed by atoms with van der Waals surface area (Å²) in [4.78, 5) is 14.1. The van der Waals surface area contributed by atoms with Crippen molar-refractivity contribution in [2.45, 2.75) is 38.8 Å². The second kappa shape index (κ2) is 10.5. The summed E-state index contributed by atoms with van der Waals surface area (Å²) in [6, 6.07) is 6.63. The number of piperazine rings is 1. The molecule has 2 atom stereocenters. The van der Waals surface area contributed by atoms with E-state index in [9.17, 15) is 0 Å². The third-order valence-electron chi connectivity index (χ3n) is 7.38. The lowest BCUT2D eigenvalue weighted by Crippen LogP contribution is -2.42. The molecular weight excluding hydrogens is 498 g/mol. The van der Waals surface area contributed by atoms with E-state index < -0.39 is 0 Å². The summed E-state index contributed by atoms with van der Waals surface area (Å²) in [6.07, 6.45) is 9.60. The Bertz CT molecular complexity index is 923. The van der Waals surface area contributed by atoms with Crippen molar-refractivity contribution < 1.29 is 4.74 Å². The van der Waals surface area contributed by atoms with E-state index >= 15 is 0 Å². The average molecular weight is 533 g/mol. The van der Waals surface area contributed by atoms with Crippen LogP contribution in [0.1, 0.15) is 30.9 Å². The molecule has 8 heteroatoms. The van der Waals surface area contributed by atoms with Crippen molar-refractivity contribution in [1.82, 2.24) is 19.2 Å². The van der Waals surface area contributed by atoms with Crippen molar-refractivity contribution in [2.24, 2.45) is 11.8 Å². The van der Waals surface area contributed by atoms with Gasteiger partial charge in [-0.15, -0.1) is 0 Å². The maximum atomic E-state index is 6.47. The molecule has 0 amide bonds. The van der Waals surface area contributed by atoms with Crippen LogP contribution in [0.3, 0.4) is 0 Å². The van der Waals surface area contributed by atoms with E-state index in [1.54, 1.807) is 0 Å². The zero-order valence-electron chi connectivity index (χ0n) is 19.6. The number of hydrogen-bond acceptors (Lipinski definition) is 7. The number of hydrogen-bond donors (Lipinski definition) is 0. The highest BCUT2D eigenvalue weighted by molar-refractivity contribution is 9.10. The van der Waals surface area contributed by atoms with Gasteiger partial charge in [-0.1, -0.05) is 24.9 Å². The average Bonchev–Trinajstić information content (AvgIpc) is 3.40. The molecule has 2 saturated heterocycles. The molecule has 1 aliphatic carbocycles. The summed E-state index contributed by atoms with van der Waals surface area (Å²) in [6.45, 7) is 9.77. The topological polar surface area (TPSA) is 44.7 Å². The quantitative estimate of drug-likeness (QED) is 0.487. The fourth-order valence-corrected chi connectivity index (χ4v) is 6.49. The molecule has 3 heterocycles. The van der Waals surface area contributed by atoms with Crippen LogP contribution in [0.25, 0.3) is 0 Å². The number of halogens is 1. The monoisotopic (exact) mass is 531 g/mol. The van der Waals surface area contributed by atoms with Gasteiger partial charge >= 0.3 is 0 Å². The Morgan fingerprint density at radius 2 is 1.73 bits per heavy atom. The first-order chi connectivity index (χ1) is 16.1. The first-order valence-electron chi connectivity index (χ1n) is 12.1. The molecule has 2 unspecified atom stereocenters. The molecule has 6 nitrogen and oxygen atoms in total. The minimum atomic E-state index is 0.298. The van der Waals surface area contributed by atoms with Gasteiger partial charge in [0.05, 0.1) is 10.6 Å². The molecule has 2 aliphatic heterocycles. The Labute approximate surface area is 210 Å². The molecule has 1 saturated carbocycles. The van der Waals surface area contributed by atoms with Crippen molar-refractivity contribution in [3.8, 4) is 5.75 Å². The molecule has 33 heavy (non-hydrogen) atoms. The van der Waals surface area contributed by atoms with Crippen LogP contribution in [0.4, 0.5) is 5.95 Å². The van der Waals surface area contributed by atoms with Crippen LogP contribution in [0.2, 0.25) is 0 Å². The summed E-state index contributed by atoms with van der Waals surface area (Å²) in [5, 5.41) is 0. The molecule has 0 spiro atoms. The summed E-state index contributed by atoms with van der Waals surface area (Å²) < 4.78 is 9.98. The third-order valence-corrected chi connectivity index (χ3v) is 8.88. The van der Waals surface area contributed by atoms with E-state index in [0.717, 1.165) is 81.2 Å². The molecule has 3 fully saturated rings. The summed E-state index contributed by atoms with van der Waals surface area (Å²) in [5.41, 5.74) is 2.54. The Balaban J connectivity index is 1.12. The fraction of sp³-hybridized carbons (Fsp3) is 0.600. The zero-order chi connectivity index (χ0) is 22.8. The van der Waals surface area contributed by atoms with Crippen molar-refractivity contribution in [2.75, 3.05) is 50.4 Å². The zero-order valence-corrected chi connectivity index (χ0v) is 22.0. The molecule has 0 bridgehead atoms. The Morgan fingerprint density at radius 3 is 2.33 bits per heavy atom. The molecule has 5 rings (SSSR count). The Hall–Kier alpha value is -1.35. The predicted molar refractivity (Wildman–Crippen MR) is 139 cm³/mol. The molecule has 0 N–H and O–H groups in total. The van der Waals surface area contributed by atoms with Gasteiger partial charge in [-0.2, -0.15) is 0 Å². The summed E-state index contributed by atoms with van der Waals surface area (Å²) >= 11 is 5.63.